The first-order valence-electron chi connectivity index (χ1n) is 6.05. The fourth-order valence-corrected chi connectivity index (χ4v) is 2.72. The minimum absolute atomic E-state index is 0.0201. The molecule has 1 aliphatic heterocycles. The van der Waals surface area contributed by atoms with Crippen molar-refractivity contribution in [3.63, 3.8) is 0 Å². The number of rotatable bonds is 1. The van der Waals surface area contributed by atoms with Crippen LogP contribution in [0.1, 0.15) is 26.2 Å². The number of nitriles is 1. The molecule has 0 bridgehead atoms. The molecular formula is C12H17N3O2. The molecule has 1 heterocycles. The lowest BCUT2D eigenvalue weighted by atomic mass is 9.62. The summed E-state index contributed by atoms with van der Waals surface area (Å²) < 4.78 is 0. The van der Waals surface area contributed by atoms with Crippen LogP contribution in [0.2, 0.25) is 0 Å². The Balaban J connectivity index is 2.04. The maximum Gasteiger partial charge on any atom is 0.243 e. The largest absolute Gasteiger partial charge is 0.354 e. The Morgan fingerprint density at radius 2 is 2.24 bits per heavy atom. The third-order valence-corrected chi connectivity index (χ3v) is 3.62. The van der Waals surface area contributed by atoms with Crippen molar-refractivity contribution in [1.82, 2.24) is 10.2 Å². The van der Waals surface area contributed by atoms with E-state index in [0.29, 0.717) is 44.8 Å². The van der Waals surface area contributed by atoms with E-state index in [0.717, 1.165) is 0 Å². The number of carbonyl (C=O) groups excluding carboxylic acids is 2. The molecule has 0 spiro atoms. The summed E-state index contributed by atoms with van der Waals surface area (Å²) in [6.07, 6.45) is 1.64. The van der Waals surface area contributed by atoms with Gasteiger partial charge < -0.3 is 10.2 Å². The number of amides is 2. The van der Waals surface area contributed by atoms with E-state index < -0.39 is 5.41 Å². The van der Waals surface area contributed by atoms with Crippen LogP contribution in [-0.2, 0) is 9.59 Å². The van der Waals surface area contributed by atoms with Gasteiger partial charge in [0.05, 0.1) is 6.07 Å². The Kier molecular flexibility index (Phi) is 3.05. The van der Waals surface area contributed by atoms with Crippen LogP contribution in [0.5, 0.6) is 0 Å². The number of nitrogens with zero attached hydrogens (tertiary/aromatic N) is 2. The Morgan fingerprint density at radius 1 is 1.53 bits per heavy atom. The van der Waals surface area contributed by atoms with Crippen LogP contribution < -0.4 is 5.32 Å². The van der Waals surface area contributed by atoms with Crippen LogP contribution in [0.15, 0.2) is 0 Å². The van der Waals surface area contributed by atoms with E-state index in [4.69, 9.17) is 0 Å². The van der Waals surface area contributed by atoms with E-state index in [9.17, 15) is 14.9 Å². The van der Waals surface area contributed by atoms with Crippen LogP contribution in [0, 0.1) is 22.7 Å². The molecule has 0 atom stereocenters. The molecule has 1 saturated carbocycles. The van der Waals surface area contributed by atoms with Gasteiger partial charge in [-0.05, 0) is 18.8 Å². The van der Waals surface area contributed by atoms with Gasteiger partial charge in [-0.15, -0.1) is 0 Å². The molecule has 1 aliphatic carbocycles. The van der Waals surface area contributed by atoms with Crippen molar-refractivity contribution >= 4 is 11.8 Å². The lowest BCUT2D eigenvalue weighted by molar-refractivity contribution is -0.145. The van der Waals surface area contributed by atoms with Crippen LogP contribution in [0.4, 0.5) is 0 Å². The Morgan fingerprint density at radius 3 is 2.82 bits per heavy atom. The highest BCUT2D eigenvalue weighted by Gasteiger charge is 2.50. The number of carbonyl (C=O) groups is 2. The maximum atomic E-state index is 12.3. The molecule has 1 saturated heterocycles. The fourth-order valence-electron chi connectivity index (χ4n) is 2.72. The summed E-state index contributed by atoms with van der Waals surface area (Å²) in [4.78, 5) is 25.2. The molecule has 5 nitrogen and oxygen atoms in total. The maximum absolute atomic E-state index is 12.3. The molecule has 0 unspecified atom stereocenters. The van der Waals surface area contributed by atoms with Crippen molar-refractivity contribution in [2.24, 2.45) is 11.3 Å². The summed E-state index contributed by atoms with van der Waals surface area (Å²) in [6.45, 7) is 3.49. The van der Waals surface area contributed by atoms with E-state index in [1.54, 1.807) is 4.90 Å². The zero-order valence-electron chi connectivity index (χ0n) is 10.0. The van der Waals surface area contributed by atoms with Crippen LogP contribution in [0.3, 0.4) is 0 Å². The van der Waals surface area contributed by atoms with Crippen LogP contribution in [0.25, 0.3) is 0 Å². The molecule has 17 heavy (non-hydrogen) atoms. The molecule has 2 amide bonds. The third-order valence-electron chi connectivity index (χ3n) is 3.62. The van der Waals surface area contributed by atoms with Gasteiger partial charge in [0.1, 0.15) is 5.41 Å². The molecule has 0 aromatic carbocycles. The zero-order valence-corrected chi connectivity index (χ0v) is 10.0. The Labute approximate surface area is 101 Å². The molecule has 0 aromatic rings. The van der Waals surface area contributed by atoms with Crippen molar-refractivity contribution in [2.75, 3.05) is 19.6 Å². The molecule has 2 rings (SSSR count). The first-order chi connectivity index (χ1) is 8.07. The van der Waals surface area contributed by atoms with Gasteiger partial charge in [0.2, 0.25) is 11.8 Å². The van der Waals surface area contributed by atoms with Gasteiger partial charge in [-0.3, -0.25) is 9.59 Å². The number of hydrogen-bond donors (Lipinski definition) is 1. The summed E-state index contributed by atoms with van der Waals surface area (Å²) in [5.74, 6) is 0.341. The van der Waals surface area contributed by atoms with Gasteiger partial charge in [-0.2, -0.15) is 5.26 Å². The van der Waals surface area contributed by atoms with E-state index in [-0.39, 0.29) is 11.8 Å². The van der Waals surface area contributed by atoms with Gasteiger partial charge in [-0.1, -0.05) is 6.92 Å². The van der Waals surface area contributed by atoms with E-state index in [2.05, 4.69) is 18.3 Å². The van der Waals surface area contributed by atoms with Gasteiger partial charge in [0, 0.05) is 26.1 Å². The Hall–Kier alpha value is -1.57. The SMILES string of the molecule is CC1CC(C#N)(C(=O)N2CCNC(=O)CC2)C1. The molecule has 0 radical (unpaired) electrons. The van der Waals surface area contributed by atoms with Crippen molar-refractivity contribution in [3.05, 3.63) is 0 Å². The van der Waals surface area contributed by atoms with Crippen molar-refractivity contribution in [2.45, 2.75) is 26.2 Å². The van der Waals surface area contributed by atoms with Gasteiger partial charge in [-0.25, -0.2) is 0 Å². The van der Waals surface area contributed by atoms with Crippen LogP contribution in [-0.4, -0.2) is 36.3 Å². The molecule has 2 fully saturated rings. The quantitative estimate of drug-likeness (QED) is 0.709. The normalized spacial score (nSPS) is 33.1. The monoisotopic (exact) mass is 235 g/mol. The minimum Gasteiger partial charge on any atom is -0.354 e. The number of hydrogen-bond acceptors (Lipinski definition) is 3. The average Bonchev–Trinajstić information content (AvgIpc) is 2.48. The lowest BCUT2D eigenvalue weighted by Gasteiger charge is -2.42. The summed E-state index contributed by atoms with van der Waals surface area (Å²) in [5.41, 5.74) is -0.813. The minimum atomic E-state index is -0.813. The lowest BCUT2D eigenvalue weighted by Crippen LogP contribution is -2.50. The summed E-state index contributed by atoms with van der Waals surface area (Å²) in [6, 6.07) is 2.18. The highest BCUT2D eigenvalue weighted by atomic mass is 16.2. The van der Waals surface area contributed by atoms with Crippen molar-refractivity contribution < 1.29 is 9.59 Å². The third kappa shape index (κ3) is 2.12. The standard InChI is InChI=1S/C12H17N3O2/c1-9-6-12(7-9,8-13)11(17)15-4-2-10(16)14-3-5-15/h9H,2-7H2,1H3,(H,14,16). The molecule has 2 aliphatic rings. The predicted molar refractivity (Wildman–Crippen MR) is 60.7 cm³/mol. The topological polar surface area (TPSA) is 73.2 Å². The zero-order chi connectivity index (χ0) is 12.5. The first kappa shape index (κ1) is 11.9. The highest BCUT2D eigenvalue weighted by Crippen LogP contribution is 2.46. The highest BCUT2D eigenvalue weighted by molar-refractivity contribution is 5.87. The first-order valence-corrected chi connectivity index (χ1v) is 6.05. The smallest absolute Gasteiger partial charge is 0.243 e. The van der Waals surface area contributed by atoms with E-state index in [1.807, 2.05) is 0 Å². The van der Waals surface area contributed by atoms with Gasteiger partial charge in [0.15, 0.2) is 0 Å². The molecular weight excluding hydrogens is 218 g/mol. The molecule has 5 heteroatoms. The summed E-state index contributed by atoms with van der Waals surface area (Å²) in [5, 5.41) is 11.9. The van der Waals surface area contributed by atoms with Crippen molar-refractivity contribution in [1.29, 1.82) is 5.26 Å². The second kappa shape index (κ2) is 4.36. The fraction of sp³-hybridized carbons (Fsp3) is 0.750. The van der Waals surface area contributed by atoms with Gasteiger partial charge in [0.25, 0.3) is 0 Å². The van der Waals surface area contributed by atoms with E-state index in [1.165, 1.54) is 0 Å². The van der Waals surface area contributed by atoms with Crippen molar-refractivity contribution in [3.8, 4) is 6.07 Å². The second-order valence-electron chi connectivity index (χ2n) is 5.10. The Bertz CT molecular complexity index is 380. The molecule has 1 N–H and O–H groups in total. The molecule has 92 valence electrons. The predicted octanol–water partition coefficient (Wildman–Crippen LogP) is 0.275. The number of nitrogens with one attached hydrogen (secondary N) is 1. The second-order valence-corrected chi connectivity index (χ2v) is 5.10. The van der Waals surface area contributed by atoms with Gasteiger partial charge >= 0.3 is 0 Å². The van der Waals surface area contributed by atoms with E-state index >= 15 is 0 Å². The summed E-state index contributed by atoms with van der Waals surface area (Å²) in [7, 11) is 0. The molecule has 0 aromatic heterocycles. The summed E-state index contributed by atoms with van der Waals surface area (Å²) >= 11 is 0. The average molecular weight is 235 g/mol. The van der Waals surface area contributed by atoms with Crippen LogP contribution >= 0.6 is 0 Å².